The Hall–Kier alpha value is -0.870. The summed E-state index contributed by atoms with van der Waals surface area (Å²) in [6.07, 6.45) is 2.36. The van der Waals surface area contributed by atoms with E-state index in [2.05, 4.69) is 4.98 Å². The number of aromatic nitrogens is 2. The summed E-state index contributed by atoms with van der Waals surface area (Å²) in [6.45, 7) is 3.78. The van der Waals surface area contributed by atoms with Crippen LogP contribution in [0.2, 0.25) is 0 Å². The van der Waals surface area contributed by atoms with Gasteiger partial charge in [-0.3, -0.25) is 4.40 Å². The molecule has 13 heavy (non-hydrogen) atoms. The molecule has 70 valence electrons. The Morgan fingerprint density at radius 1 is 1.69 bits per heavy atom. The molecule has 0 fully saturated rings. The maximum Gasteiger partial charge on any atom is 0.194 e. The minimum atomic E-state index is -0.307. The van der Waals surface area contributed by atoms with Gasteiger partial charge >= 0.3 is 0 Å². The SMILES string of the molecule is Cc1nc2sccn2c1CC(C)O. The van der Waals surface area contributed by atoms with Gasteiger partial charge in [0.15, 0.2) is 4.96 Å². The fourth-order valence-electron chi connectivity index (χ4n) is 1.47. The van der Waals surface area contributed by atoms with Crippen LogP contribution in [0.5, 0.6) is 0 Å². The smallest absolute Gasteiger partial charge is 0.194 e. The van der Waals surface area contributed by atoms with Gasteiger partial charge in [0.25, 0.3) is 0 Å². The Morgan fingerprint density at radius 3 is 3.15 bits per heavy atom. The number of imidazole rings is 1. The molecule has 0 bridgehead atoms. The van der Waals surface area contributed by atoms with E-state index in [1.54, 1.807) is 18.3 Å². The predicted molar refractivity (Wildman–Crippen MR) is 53.2 cm³/mol. The van der Waals surface area contributed by atoms with E-state index >= 15 is 0 Å². The Balaban J connectivity index is 2.51. The second kappa shape index (κ2) is 3.12. The molecule has 1 atom stereocenters. The topological polar surface area (TPSA) is 37.5 Å². The van der Waals surface area contributed by atoms with Crippen molar-refractivity contribution >= 4 is 16.3 Å². The van der Waals surface area contributed by atoms with Gasteiger partial charge < -0.3 is 5.11 Å². The lowest BCUT2D eigenvalue weighted by atomic mass is 10.2. The molecule has 2 aromatic rings. The van der Waals surface area contributed by atoms with E-state index in [1.165, 1.54) is 0 Å². The van der Waals surface area contributed by atoms with Gasteiger partial charge in [0.1, 0.15) is 0 Å². The van der Waals surface area contributed by atoms with Crippen LogP contribution in [-0.4, -0.2) is 20.6 Å². The standard InChI is InChI=1S/C9H12N2OS/c1-6(12)5-8-7(2)10-9-11(8)3-4-13-9/h3-4,6,12H,5H2,1-2H3. The molecule has 0 spiro atoms. The van der Waals surface area contributed by atoms with E-state index in [0.29, 0.717) is 6.42 Å². The van der Waals surface area contributed by atoms with Crippen molar-refractivity contribution in [3.8, 4) is 0 Å². The van der Waals surface area contributed by atoms with Crippen LogP contribution in [0.1, 0.15) is 18.3 Å². The Kier molecular flexibility index (Phi) is 2.09. The highest BCUT2D eigenvalue weighted by molar-refractivity contribution is 7.15. The fraction of sp³-hybridized carbons (Fsp3) is 0.444. The molecule has 0 aliphatic carbocycles. The molecule has 0 aliphatic rings. The van der Waals surface area contributed by atoms with E-state index in [0.717, 1.165) is 16.3 Å². The maximum absolute atomic E-state index is 9.31. The summed E-state index contributed by atoms with van der Waals surface area (Å²) in [6, 6.07) is 0. The van der Waals surface area contributed by atoms with Crippen LogP contribution in [0.4, 0.5) is 0 Å². The normalized spacial score (nSPS) is 13.8. The van der Waals surface area contributed by atoms with Crippen LogP contribution in [-0.2, 0) is 6.42 Å². The molecule has 0 aliphatic heterocycles. The molecular formula is C9H12N2OS. The molecule has 2 heterocycles. The van der Waals surface area contributed by atoms with Gasteiger partial charge in [0, 0.05) is 23.7 Å². The molecule has 4 heteroatoms. The third kappa shape index (κ3) is 1.47. The lowest BCUT2D eigenvalue weighted by Gasteiger charge is -2.03. The van der Waals surface area contributed by atoms with Crippen LogP contribution < -0.4 is 0 Å². The van der Waals surface area contributed by atoms with Crippen LogP contribution in [0.25, 0.3) is 4.96 Å². The van der Waals surface area contributed by atoms with Gasteiger partial charge in [0.05, 0.1) is 11.8 Å². The summed E-state index contributed by atoms with van der Waals surface area (Å²) in [5, 5.41) is 11.3. The number of fused-ring (bicyclic) bond motifs is 1. The zero-order valence-electron chi connectivity index (χ0n) is 7.69. The van der Waals surface area contributed by atoms with Gasteiger partial charge in [-0.25, -0.2) is 4.98 Å². The minimum Gasteiger partial charge on any atom is -0.393 e. The van der Waals surface area contributed by atoms with E-state index < -0.39 is 0 Å². The number of rotatable bonds is 2. The molecule has 0 radical (unpaired) electrons. The molecule has 0 saturated carbocycles. The van der Waals surface area contributed by atoms with E-state index in [4.69, 9.17) is 0 Å². The van der Waals surface area contributed by atoms with Crippen molar-refractivity contribution in [1.82, 2.24) is 9.38 Å². The van der Waals surface area contributed by atoms with E-state index in [1.807, 2.05) is 22.9 Å². The first-order valence-electron chi connectivity index (χ1n) is 4.27. The first-order valence-corrected chi connectivity index (χ1v) is 5.15. The first-order chi connectivity index (χ1) is 6.18. The van der Waals surface area contributed by atoms with Crippen molar-refractivity contribution < 1.29 is 5.11 Å². The van der Waals surface area contributed by atoms with Gasteiger partial charge in [-0.05, 0) is 13.8 Å². The van der Waals surface area contributed by atoms with Crippen molar-refractivity contribution in [1.29, 1.82) is 0 Å². The highest BCUT2D eigenvalue weighted by Crippen LogP contribution is 2.17. The first kappa shape index (κ1) is 8.72. The maximum atomic E-state index is 9.31. The van der Waals surface area contributed by atoms with E-state index in [9.17, 15) is 5.11 Å². The molecule has 1 unspecified atom stereocenters. The van der Waals surface area contributed by atoms with Crippen molar-refractivity contribution in [3.05, 3.63) is 23.0 Å². The molecular weight excluding hydrogens is 184 g/mol. The predicted octanol–water partition coefficient (Wildman–Crippen LogP) is 1.63. The van der Waals surface area contributed by atoms with Crippen molar-refractivity contribution in [2.45, 2.75) is 26.4 Å². The summed E-state index contributed by atoms with van der Waals surface area (Å²) >= 11 is 1.62. The highest BCUT2D eigenvalue weighted by atomic mass is 32.1. The largest absolute Gasteiger partial charge is 0.393 e. The van der Waals surface area contributed by atoms with Gasteiger partial charge in [-0.2, -0.15) is 0 Å². The summed E-state index contributed by atoms with van der Waals surface area (Å²) in [4.78, 5) is 5.40. The Labute approximate surface area is 80.7 Å². The minimum absolute atomic E-state index is 0.307. The second-order valence-electron chi connectivity index (χ2n) is 3.25. The van der Waals surface area contributed by atoms with Crippen LogP contribution >= 0.6 is 11.3 Å². The van der Waals surface area contributed by atoms with Crippen LogP contribution in [0.3, 0.4) is 0 Å². The number of nitrogens with zero attached hydrogens (tertiary/aromatic N) is 2. The molecule has 0 amide bonds. The number of thiazole rings is 1. The molecule has 3 nitrogen and oxygen atoms in total. The lowest BCUT2D eigenvalue weighted by molar-refractivity contribution is 0.194. The zero-order valence-corrected chi connectivity index (χ0v) is 8.51. The second-order valence-corrected chi connectivity index (χ2v) is 4.13. The molecule has 2 rings (SSSR count). The average molecular weight is 196 g/mol. The summed E-state index contributed by atoms with van der Waals surface area (Å²) in [7, 11) is 0. The van der Waals surface area contributed by atoms with E-state index in [-0.39, 0.29) is 6.10 Å². The van der Waals surface area contributed by atoms with Crippen molar-refractivity contribution in [2.75, 3.05) is 0 Å². The Bertz CT molecular complexity index is 416. The van der Waals surface area contributed by atoms with Gasteiger partial charge in [0.2, 0.25) is 0 Å². The average Bonchev–Trinajstić information content (AvgIpc) is 2.55. The quantitative estimate of drug-likeness (QED) is 0.792. The third-order valence-electron chi connectivity index (χ3n) is 2.05. The summed E-state index contributed by atoms with van der Waals surface area (Å²) in [5.41, 5.74) is 2.14. The zero-order chi connectivity index (χ0) is 9.42. The molecule has 1 N–H and O–H groups in total. The number of hydrogen-bond acceptors (Lipinski definition) is 3. The number of aliphatic hydroxyl groups excluding tert-OH is 1. The Morgan fingerprint density at radius 2 is 2.46 bits per heavy atom. The molecule has 0 saturated heterocycles. The summed E-state index contributed by atoms with van der Waals surface area (Å²) < 4.78 is 2.05. The van der Waals surface area contributed by atoms with Gasteiger partial charge in [-0.1, -0.05) is 0 Å². The fourth-order valence-corrected chi connectivity index (χ4v) is 2.25. The molecule has 2 aromatic heterocycles. The van der Waals surface area contributed by atoms with Crippen molar-refractivity contribution in [2.24, 2.45) is 0 Å². The lowest BCUT2D eigenvalue weighted by Crippen LogP contribution is -2.07. The number of hydrogen-bond donors (Lipinski definition) is 1. The number of aryl methyl sites for hydroxylation is 1. The van der Waals surface area contributed by atoms with Crippen LogP contribution in [0, 0.1) is 6.92 Å². The monoisotopic (exact) mass is 196 g/mol. The van der Waals surface area contributed by atoms with Crippen LogP contribution in [0.15, 0.2) is 11.6 Å². The molecule has 0 aromatic carbocycles. The van der Waals surface area contributed by atoms with Gasteiger partial charge in [-0.15, -0.1) is 11.3 Å². The number of aliphatic hydroxyl groups is 1. The highest BCUT2D eigenvalue weighted by Gasteiger charge is 2.10. The third-order valence-corrected chi connectivity index (χ3v) is 2.81. The van der Waals surface area contributed by atoms with Crippen molar-refractivity contribution in [3.63, 3.8) is 0 Å². The summed E-state index contributed by atoms with van der Waals surface area (Å²) in [5.74, 6) is 0.